The fraction of sp³-hybridized carbons (Fsp3) is 0.125. The van der Waals surface area contributed by atoms with E-state index in [0.29, 0.717) is 22.2 Å². The van der Waals surface area contributed by atoms with Gasteiger partial charge in [0.05, 0.1) is 15.8 Å². The van der Waals surface area contributed by atoms with Crippen LogP contribution in [0.1, 0.15) is 29.8 Å². The number of aromatic carboxylic acids is 1. The van der Waals surface area contributed by atoms with Gasteiger partial charge in [-0.2, -0.15) is 0 Å². The Morgan fingerprint density at radius 3 is 2.05 bits per heavy atom. The Hall–Kier alpha value is -4.29. The summed E-state index contributed by atoms with van der Waals surface area (Å²) < 4.78 is 24.2. The normalized spacial score (nSPS) is 12.0. The van der Waals surface area contributed by atoms with E-state index in [2.05, 4.69) is 4.98 Å². The van der Waals surface area contributed by atoms with E-state index in [1.807, 2.05) is 78.9 Å². The van der Waals surface area contributed by atoms with Crippen LogP contribution in [0.15, 0.2) is 103 Å². The summed E-state index contributed by atoms with van der Waals surface area (Å²) in [5.41, 5.74) is 6.24. The van der Waals surface area contributed by atoms with Crippen molar-refractivity contribution in [3.63, 3.8) is 0 Å². The minimum absolute atomic E-state index is 0.118. The fourth-order valence-corrected chi connectivity index (χ4v) is 5.23. The largest absolute Gasteiger partial charge is 0.478 e. The second kappa shape index (κ2) is 9.54. The van der Waals surface area contributed by atoms with E-state index in [0.717, 1.165) is 27.6 Å². The lowest BCUT2D eigenvalue weighted by atomic mass is 9.88. The predicted octanol–water partition coefficient (Wildman–Crippen LogP) is 7.21. The van der Waals surface area contributed by atoms with Crippen LogP contribution in [-0.4, -0.2) is 30.7 Å². The summed E-state index contributed by atoms with van der Waals surface area (Å²) in [5.74, 6) is -1.07. The lowest BCUT2D eigenvalue weighted by molar-refractivity contribution is 0.0697. The van der Waals surface area contributed by atoms with Crippen LogP contribution < -0.4 is 0 Å². The minimum Gasteiger partial charge on any atom is -0.478 e. The van der Waals surface area contributed by atoms with Crippen molar-refractivity contribution < 1.29 is 18.3 Å². The number of carboxylic acid groups (broad SMARTS) is 1. The van der Waals surface area contributed by atoms with Gasteiger partial charge in [-0.3, -0.25) is 4.98 Å². The molecule has 0 aliphatic heterocycles. The van der Waals surface area contributed by atoms with Crippen LogP contribution in [-0.2, 0) is 14.6 Å². The Labute approximate surface area is 222 Å². The van der Waals surface area contributed by atoms with Gasteiger partial charge in [0.25, 0.3) is 0 Å². The zero-order valence-corrected chi connectivity index (χ0v) is 22.2. The number of aromatic nitrogens is 1. The molecule has 0 bridgehead atoms. The molecule has 4 aromatic carbocycles. The molecule has 1 aromatic heterocycles. The van der Waals surface area contributed by atoms with Crippen LogP contribution >= 0.6 is 0 Å². The number of carboxylic acids is 1. The first-order chi connectivity index (χ1) is 18.1. The van der Waals surface area contributed by atoms with Gasteiger partial charge in [-0.15, -0.1) is 0 Å². The molecule has 38 heavy (non-hydrogen) atoms. The molecule has 0 saturated heterocycles. The monoisotopic (exact) mass is 521 g/mol. The Balaban J connectivity index is 1.81. The number of hydrogen-bond acceptors (Lipinski definition) is 4. The van der Waals surface area contributed by atoms with Gasteiger partial charge in [0.2, 0.25) is 0 Å². The van der Waals surface area contributed by atoms with E-state index in [9.17, 15) is 18.3 Å². The van der Waals surface area contributed by atoms with Gasteiger partial charge in [0.1, 0.15) is 0 Å². The van der Waals surface area contributed by atoms with Gasteiger partial charge < -0.3 is 5.11 Å². The fourth-order valence-electron chi connectivity index (χ4n) is 4.68. The van der Waals surface area contributed by atoms with Crippen LogP contribution in [0.2, 0.25) is 0 Å². The summed E-state index contributed by atoms with van der Waals surface area (Å²) in [6, 6.07) is 30.5. The summed E-state index contributed by atoms with van der Waals surface area (Å²) in [6.07, 6.45) is 2.87. The summed E-state index contributed by atoms with van der Waals surface area (Å²) in [5, 5.41) is 10.9. The van der Waals surface area contributed by atoms with Crippen molar-refractivity contribution in [2.75, 3.05) is 6.26 Å². The third kappa shape index (κ3) is 4.48. The number of hydrogen-bond donors (Lipinski definition) is 1. The summed E-state index contributed by atoms with van der Waals surface area (Å²) in [6.45, 7) is 3.32. The molecule has 0 fully saturated rings. The lowest BCUT2D eigenvalue weighted by Gasteiger charge is -2.25. The molecular formula is C32H27NO4S. The van der Waals surface area contributed by atoms with Gasteiger partial charge in [-0.1, -0.05) is 66.7 Å². The Morgan fingerprint density at radius 2 is 1.39 bits per heavy atom. The Morgan fingerprint density at radius 1 is 0.737 bits per heavy atom. The van der Waals surface area contributed by atoms with Gasteiger partial charge >= 0.3 is 5.97 Å². The van der Waals surface area contributed by atoms with Gasteiger partial charge in [0, 0.05) is 23.4 Å². The van der Waals surface area contributed by atoms with E-state index in [4.69, 9.17) is 0 Å². The van der Waals surface area contributed by atoms with Crippen molar-refractivity contribution in [3.05, 3.63) is 114 Å². The van der Waals surface area contributed by atoms with Crippen LogP contribution in [0.5, 0.6) is 0 Å². The van der Waals surface area contributed by atoms with Crippen molar-refractivity contribution >= 4 is 26.7 Å². The standard InChI is InChI=1S/C32H27NO4S/c1-32(2,38(3,36)37)24-18-23-12-9-17-33-30(23)29(20-24)28-19-22(15-16-27(28)31(34)35)26-14-8-7-13-25(26)21-10-5-4-6-11-21/h4-20H,1-3H3,(H,34,35). The van der Waals surface area contributed by atoms with Crippen LogP contribution in [0.3, 0.4) is 0 Å². The first kappa shape index (κ1) is 25.4. The topological polar surface area (TPSA) is 84.3 Å². The number of rotatable bonds is 6. The molecule has 190 valence electrons. The minimum atomic E-state index is -3.47. The van der Waals surface area contributed by atoms with Gasteiger partial charge in [0.15, 0.2) is 9.84 Å². The first-order valence-corrected chi connectivity index (χ1v) is 14.1. The molecule has 5 aromatic rings. The molecule has 0 atom stereocenters. The van der Waals surface area contributed by atoms with Crippen molar-refractivity contribution in [1.82, 2.24) is 4.98 Å². The highest BCUT2D eigenvalue weighted by Crippen LogP contribution is 2.40. The average molecular weight is 522 g/mol. The van der Waals surface area contributed by atoms with Crippen molar-refractivity contribution in [2.24, 2.45) is 0 Å². The molecule has 1 N–H and O–H groups in total. The molecule has 5 nitrogen and oxygen atoms in total. The first-order valence-electron chi connectivity index (χ1n) is 12.2. The maximum Gasteiger partial charge on any atom is 0.336 e. The van der Waals surface area contributed by atoms with Crippen LogP contribution in [0, 0.1) is 0 Å². The number of carbonyl (C=O) groups is 1. The van der Waals surface area contributed by atoms with E-state index in [1.165, 1.54) is 6.26 Å². The average Bonchev–Trinajstić information content (AvgIpc) is 2.92. The molecule has 5 rings (SSSR count). The molecule has 0 aliphatic rings. The highest BCUT2D eigenvalue weighted by Gasteiger charge is 2.33. The SMILES string of the molecule is CC(C)(c1cc(-c2cc(-c3ccccc3-c3ccccc3)ccc2C(=O)O)c2ncccc2c1)S(C)(=O)=O. The molecule has 0 radical (unpaired) electrons. The van der Waals surface area contributed by atoms with E-state index >= 15 is 0 Å². The molecule has 0 spiro atoms. The molecule has 0 aliphatic carbocycles. The van der Waals surface area contributed by atoms with Crippen molar-refractivity contribution in [1.29, 1.82) is 0 Å². The highest BCUT2D eigenvalue weighted by molar-refractivity contribution is 7.91. The molecular weight excluding hydrogens is 494 g/mol. The van der Waals surface area contributed by atoms with Crippen molar-refractivity contribution in [3.8, 4) is 33.4 Å². The number of pyridine rings is 1. The Kier molecular flexibility index (Phi) is 6.37. The molecule has 0 amide bonds. The van der Waals surface area contributed by atoms with E-state index in [-0.39, 0.29) is 5.56 Å². The predicted molar refractivity (Wildman–Crippen MR) is 153 cm³/mol. The molecule has 0 unspecified atom stereocenters. The maximum absolute atomic E-state index is 12.7. The number of benzene rings is 4. The third-order valence-electron chi connectivity index (χ3n) is 7.19. The number of sulfone groups is 1. The Bertz CT molecular complexity index is 1790. The molecule has 1 heterocycles. The summed E-state index contributed by atoms with van der Waals surface area (Å²) >= 11 is 0. The summed E-state index contributed by atoms with van der Waals surface area (Å²) in [4.78, 5) is 17.0. The number of fused-ring (bicyclic) bond motifs is 1. The number of nitrogens with zero attached hydrogens (tertiary/aromatic N) is 1. The van der Waals surface area contributed by atoms with E-state index in [1.54, 1.807) is 38.2 Å². The second-order valence-corrected chi connectivity index (χ2v) is 12.4. The van der Waals surface area contributed by atoms with Crippen LogP contribution in [0.4, 0.5) is 0 Å². The highest BCUT2D eigenvalue weighted by atomic mass is 32.2. The van der Waals surface area contributed by atoms with Gasteiger partial charge in [-0.25, -0.2) is 13.2 Å². The zero-order valence-electron chi connectivity index (χ0n) is 21.3. The van der Waals surface area contributed by atoms with Gasteiger partial charge in [-0.05, 0) is 77.6 Å². The second-order valence-electron chi connectivity index (χ2n) is 9.86. The van der Waals surface area contributed by atoms with Crippen molar-refractivity contribution in [2.45, 2.75) is 18.6 Å². The lowest BCUT2D eigenvalue weighted by Crippen LogP contribution is -2.28. The quantitative estimate of drug-likeness (QED) is 0.255. The van der Waals surface area contributed by atoms with Crippen LogP contribution in [0.25, 0.3) is 44.3 Å². The third-order valence-corrected chi connectivity index (χ3v) is 9.28. The zero-order chi connectivity index (χ0) is 27.1. The maximum atomic E-state index is 12.7. The molecule has 0 saturated carbocycles. The molecule has 6 heteroatoms. The van der Waals surface area contributed by atoms with E-state index < -0.39 is 20.6 Å². The smallest absolute Gasteiger partial charge is 0.336 e. The summed E-state index contributed by atoms with van der Waals surface area (Å²) in [7, 11) is -3.47.